The highest BCUT2D eigenvalue weighted by molar-refractivity contribution is 6.32. The highest BCUT2D eigenvalue weighted by Gasteiger charge is 2.22. The molecule has 0 saturated carbocycles. The van der Waals surface area contributed by atoms with Gasteiger partial charge in [-0.1, -0.05) is 18.5 Å². The van der Waals surface area contributed by atoms with Crippen molar-refractivity contribution in [1.82, 2.24) is 15.2 Å². The number of carbonyl (C=O) groups is 1. The number of hydrogen-bond acceptors (Lipinski definition) is 4. The Bertz CT molecular complexity index is 828. The van der Waals surface area contributed by atoms with Gasteiger partial charge in [0.2, 0.25) is 5.91 Å². The van der Waals surface area contributed by atoms with E-state index < -0.39 is 0 Å². The van der Waals surface area contributed by atoms with Gasteiger partial charge >= 0.3 is 0 Å². The Morgan fingerprint density at radius 2 is 2.15 bits per heavy atom. The Kier molecular flexibility index (Phi) is 6.16. The summed E-state index contributed by atoms with van der Waals surface area (Å²) in [5.41, 5.74) is -0.161. The quantitative estimate of drug-likeness (QED) is 0.811. The van der Waals surface area contributed by atoms with E-state index in [9.17, 15) is 9.59 Å². The van der Waals surface area contributed by atoms with Gasteiger partial charge in [0.05, 0.1) is 11.6 Å². The van der Waals surface area contributed by atoms with E-state index in [2.05, 4.69) is 15.2 Å². The first-order valence-corrected chi connectivity index (χ1v) is 9.41. The molecule has 1 aromatic carbocycles. The van der Waals surface area contributed by atoms with Crippen molar-refractivity contribution in [2.75, 3.05) is 26.2 Å². The summed E-state index contributed by atoms with van der Waals surface area (Å²) in [5.74, 6) is 0.679. The summed E-state index contributed by atoms with van der Waals surface area (Å²) in [6.45, 7) is 4.83. The molecule has 2 heterocycles. The number of fused-ring (bicyclic) bond motifs is 1. The lowest BCUT2D eigenvalue weighted by molar-refractivity contribution is -0.122. The number of amides is 1. The number of likely N-dealkylation sites (tertiary alicyclic amines) is 1. The maximum atomic E-state index is 11.8. The number of hydrogen-bond donors (Lipinski definition) is 2. The Morgan fingerprint density at radius 1 is 1.38 bits per heavy atom. The fourth-order valence-corrected chi connectivity index (χ4v) is 3.38. The molecule has 0 aliphatic carbocycles. The number of nitrogens with zero attached hydrogens (tertiary/aromatic N) is 1. The van der Waals surface area contributed by atoms with Gasteiger partial charge in [-0.2, -0.15) is 0 Å². The van der Waals surface area contributed by atoms with Crippen LogP contribution >= 0.6 is 11.6 Å². The third kappa shape index (κ3) is 4.56. The fourth-order valence-electron chi connectivity index (χ4n) is 3.17. The zero-order chi connectivity index (χ0) is 18.5. The van der Waals surface area contributed by atoms with Crippen molar-refractivity contribution < 1.29 is 9.53 Å². The summed E-state index contributed by atoms with van der Waals surface area (Å²) in [6.07, 6.45) is 4.29. The monoisotopic (exact) mass is 377 g/mol. The number of benzene rings is 1. The molecule has 1 fully saturated rings. The molecule has 6 nitrogen and oxygen atoms in total. The normalized spacial score (nSPS) is 15.9. The maximum absolute atomic E-state index is 11.8. The Labute approximate surface area is 157 Å². The minimum atomic E-state index is -0.161. The second kappa shape index (κ2) is 8.56. The number of rotatable bonds is 6. The molecule has 1 aromatic heterocycles. The number of halogens is 1. The Hall–Kier alpha value is -2.05. The van der Waals surface area contributed by atoms with Gasteiger partial charge in [0.1, 0.15) is 11.9 Å². The molecule has 2 aromatic rings. The number of ether oxygens (including phenoxy) is 1. The summed E-state index contributed by atoms with van der Waals surface area (Å²) in [6, 6.07) is 5.30. The topological polar surface area (TPSA) is 74.4 Å². The third-order valence-electron chi connectivity index (χ3n) is 4.59. The molecular formula is C19H24ClN3O3. The largest absolute Gasteiger partial charge is 0.489 e. The van der Waals surface area contributed by atoms with Gasteiger partial charge in [0, 0.05) is 31.2 Å². The predicted molar refractivity (Wildman–Crippen MR) is 103 cm³/mol. The first kappa shape index (κ1) is 18.7. The van der Waals surface area contributed by atoms with E-state index >= 15 is 0 Å². The SMILES string of the molecule is CCCNC(=O)CN1CCC(Oc2cc3cc[nH]c(=O)c3cc2Cl)CC1. The number of pyridine rings is 1. The van der Waals surface area contributed by atoms with Gasteiger partial charge in [-0.25, -0.2) is 0 Å². The lowest BCUT2D eigenvalue weighted by Crippen LogP contribution is -2.43. The number of aromatic amines is 1. The van der Waals surface area contributed by atoms with Crippen LogP contribution in [0.25, 0.3) is 10.8 Å². The molecule has 1 aliphatic heterocycles. The van der Waals surface area contributed by atoms with Crippen LogP contribution in [0.4, 0.5) is 0 Å². The summed E-state index contributed by atoms with van der Waals surface area (Å²) in [5, 5.41) is 4.70. The molecule has 0 atom stereocenters. The highest BCUT2D eigenvalue weighted by Crippen LogP contribution is 2.30. The second-order valence-electron chi connectivity index (χ2n) is 6.62. The van der Waals surface area contributed by atoms with Crippen LogP contribution < -0.4 is 15.6 Å². The third-order valence-corrected chi connectivity index (χ3v) is 4.89. The van der Waals surface area contributed by atoms with Crippen molar-refractivity contribution >= 4 is 28.3 Å². The average Bonchev–Trinajstić information content (AvgIpc) is 2.63. The number of piperidine rings is 1. The van der Waals surface area contributed by atoms with Crippen molar-refractivity contribution in [2.24, 2.45) is 0 Å². The van der Waals surface area contributed by atoms with Crippen LogP contribution in [0.5, 0.6) is 5.75 Å². The van der Waals surface area contributed by atoms with Crippen molar-refractivity contribution in [3.63, 3.8) is 0 Å². The predicted octanol–water partition coefficient (Wildman–Crippen LogP) is 2.55. The van der Waals surface area contributed by atoms with Crippen LogP contribution in [0, 0.1) is 0 Å². The number of carbonyl (C=O) groups excluding carboxylic acids is 1. The van der Waals surface area contributed by atoms with Gasteiger partial charge in [0.15, 0.2) is 0 Å². The first-order chi connectivity index (χ1) is 12.6. The zero-order valence-electron chi connectivity index (χ0n) is 14.9. The van der Waals surface area contributed by atoms with E-state index in [1.165, 1.54) is 0 Å². The van der Waals surface area contributed by atoms with E-state index in [4.69, 9.17) is 16.3 Å². The van der Waals surface area contributed by atoms with Crippen LogP contribution in [-0.4, -0.2) is 48.1 Å². The Balaban J connectivity index is 1.58. The molecule has 26 heavy (non-hydrogen) atoms. The van der Waals surface area contributed by atoms with Crippen molar-refractivity contribution in [1.29, 1.82) is 0 Å². The minimum absolute atomic E-state index is 0.0573. The summed E-state index contributed by atoms with van der Waals surface area (Å²) >= 11 is 6.30. The maximum Gasteiger partial charge on any atom is 0.255 e. The summed E-state index contributed by atoms with van der Waals surface area (Å²) in [4.78, 5) is 28.4. The molecule has 3 rings (SSSR count). The molecule has 0 radical (unpaired) electrons. The van der Waals surface area contributed by atoms with Crippen molar-refractivity contribution in [3.8, 4) is 5.75 Å². The van der Waals surface area contributed by atoms with Crippen LogP contribution in [-0.2, 0) is 4.79 Å². The summed E-state index contributed by atoms with van der Waals surface area (Å²) < 4.78 is 6.08. The molecule has 7 heteroatoms. The van der Waals surface area contributed by atoms with E-state index in [1.807, 2.05) is 19.1 Å². The fraction of sp³-hybridized carbons (Fsp3) is 0.474. The molecule has 140 valence electrons. The van der Waals surface area contributed by atoms with Gasteiger partial charge in [-0.15, -0.1) is 0 Å². The molecule has 2 N–H and O–H groups in total. The smallest absolute Gasteiger partial charge is 0.255 e. The number of nitrogens with one attached hydrogen (secondary N) is 2. The van der Waals surface area contributed by atoms with Crippen molar-refractivity contribution in [2.45, 2.75) is 32.3 Å². The lowest BCUT2D eigenvalue weighted by Gasteiger charge is -2.31. The average molecular weight is 378 g/mol. The van der Waals surface area contributed by atoms with Gasteiger partial charge in [-0.05, 0) is 42.8 Å². The lowest BCUT2D eigenvalue weighted by atomic mass is 10.1. The molecule has 0 unspecified atom stereocenters. The van der Waals surface area contributed by atoms with Gasteiger partial charge in [0.25, 0.3) is 5.56 Å². The molecule has 1 saturated heterocycles. The second-order valence-corrected chi connectivity index (χ2v) is 7.03. The standard InChI is InChI=1S/C19H24ClN3O3/c1-2-6-21-18(24)12-23-8-4-14(5-9-23)26-17-10-13-3-7-22-19(25)15(13)11-16(17)20/h3,7,10-11,14H,2,4-6,8-9,12H2,1H3,(H,21,24)(H,22,25). The zero-order valence-corrected chi connectivity index (χ0v) is 15.6. The van der Waals surface area contributed by atoms with Gasteiger partial charge < -0.3 is 15.0 Å². The molecule has 1 amide bonds. The Morgan fingerprint density at radius 3 is 2.88 bits per heavy atom. The van der Waals surface area contributed by atoms with E-state index in [0.717, 1.165) is 44.3 Å². The highest BCUT2D eigenvalue weighted by atomic mass is 35.5. The van der Waals surface area contributed by atoms with Crippen LogP contribution in [0.2, 0.25) is 5.02 Å². The number of aromatic nitrogens is 1. The first-order valence-electron chi connectivity index (χ1n) is 9.03. The number of H-pyrrole nitrogens is 1. The molecular weight excluding hydrogens is 354 g/mol. The summed E-state index contributed by atoms with van der Waals surface area (Å²) in [7, 11) is 0. The van der Waals surface area contributed by atoms with Crippen LogP contribution in [0.15, 0.2) is 29.2 Å². The molecule has 0 spiro atoms. The van der Waals surface area contributed by atoms with E-state index in [1.54, 1.807) is 12.3 Å². The molecule has 1 aliphatic rings. The van der Waals surface area contributed by atoms with Crippen molar-refractivity contribution in [3.05, 3.63) is 39.8 Å². The van der Waals surface area contributed by atoms with Crippen LogP contribution in [0.3, 0.4) is 0 Å². The van der Waals surface area contributed by atoms with E-state index in [-0.39, 0.29) is 17.6 Å². The van der Waals surface area contributed by atoms with Gasteiger partial charge in [-0.3, -0.25) is 14.5 Å². The van der Waals surface area contributed by atoms with E-state index in [0.29, 0.717) is 22.7 Å². The molecule has 0 bridgehead atoms. The minimum Gasteiger partial charge on any atom is -0.489 e. The van der Waals surface area contributed by atoms with Crippen LogP contribution in [0.1, 0.15) is 26.2 Å².